The molecule has 1 heteroatoms. The maximum atomic E-state index is 4.60. The predicted molar refractivity (Wildman–Crippen MR) is 73.9 cm³/mol. The van der Waals surface area contributed by atoms with Gasteiger partial charge in [-0.25, -0.2) is 0 Å². The average Bonchev–Trinajstić information content (AvgIpc) is 2.29. The van der Waals surface area contributed by atoms with Crippen LogP contribution in [0.5, 0.6) is 0 Å². The van der Waals surface area contributed by atoms with Gasteiger partial charge in [-0.3, -0.25) is 0 Å². The molecule has 16 heavy (non-hydrogen) atoms. The Bertz CT molecular complexity index is 466. The molecule has 0 aliphatic carbocycles. The Morgan fingerprint density at radius 3 is 2.06 bits per heavy atom. The van der Waals surface area contributed by atoms with E-state index in [1.54, 1.807) is 0 Å². The van der Waals surface area contributed by atoms with Crippen LogP contribution < -0.4 is 0 Å². The van der Waals surface area contributed by atoms with E-state index >= 15 is 0 Å². The minimum Gasteiger partial charge on any atom is -0.168 e. The number of hydrogen-bond acceptors (Lipinski definition) is 1. The molecule has 0 nitrogen and oxygen atoms in total. The van der Waals surface area contributed by atoms with Gasteiger partial charge in [-0.05, 0) is 36.6 Å². The van der Waals surface area contributed by atoms with Crippen molar-refractivity contribution in [1.29, 1.82) is 0 Å². The molecule has 0 unspecified atom stereocenters. The smallest absolute Gasteiger partial charge is 0.0322 e. The van der Waals surface area contributed by atoms with Crippen LogP contribution in [-0.2, 0) is 4.75 Å². The van der Waals surface area contributed by atoms with Gasteiger partial charge in [0.05, 0.1) is 0 Å². The molecule has 0 aliphatic heterocycles. The molecule has 0 saturated carbocycles. The molecular weight excluding hydrogens is 212 g/mol. The molecule has 0 atom stereocenters. The highest BCUT2D eigenvalue weighted by molar-refractivity contribution is 7.81. The fraction of sp³-hybridized carbons (Fsp3) is 0.200. The first kappa shape index (κ1) is 11.3. The molecule has 0 aliphatic rings. The third-order valence-corrected chi connectivity index (χ3v) is 2.93. The SMILES string of the molecule is CC(C)(S)c1cccc(-c2ccccc2)c1. The van der Waals surface area contributed by atoms with E-state index in [0.717, 1.165) is 0 Å². The van der Waals surface area contributed by atoms with Gasteiger partial charge < -0.3 is 0 Å². The monoisotopic (exact) mass is 228 g/mol. The van der Waals surface area contributed by atoms with E-state index in [1.807, 2.05) is 6.07 Å². The van der Waals surface area contributed by atoms with E-state index < -0.39 is 0 Å². The molecule has 82 valence electrons. The van der Waals surface area contributed by atoms with E-state index in [-0.39, 0.29) is 4.75 Å². The van der Waals surface area contributed by atoms with E-state index in [2.05, 4.69) is 75.0 Å². The minimum atomic E-state index is -0.0925. The summed E-state index contributed by atoms with van der Waals surface area (Å²) in [6.45, 7) is 4.22. The zero-order chi connectivity index (χ0) is 11.6. The van der Waals surface area contributed by atoms with Crippen molar-refractivity contribution >= 4 is 12.6 Å². The summed E-state index contributed by atoms with van der Waals surface area (Å²) in [5, 5.41) is 0. The first-order chi connectivity index (χ1) is 7.57. The Kier molecular flexibility index (Phi) is 3.06. The van der Waals surface area contributed by atoms with Crippen molar-refractivity contribution in [3.05, 3.63) is 60.2 Å². The Morgan fingerprint density at radius 1 is 0.812 bits per heavy atom. The lowest BCUT2D eigenvalue weighted by Gasteiger charge is -2.18. The Morgan fingerprint density at radius 2 is 1.44 bits per heavy atom. The van der Waals surface area contributed by atoms with Gasteiger partial charge in [-0.1, -0.05) is 48.5 Å². The van der Waals surface area contributed by atoms with E-state index in [4.69, 9.17) is 0 Å². The highest BCUT2D eigenvalue weighted by atomic mass is 32.1. The van der Waals surface area contributed by atoms with Crippen LogP contribution in [0.3, 0.4) is 0 Å². The van der Waals surface area contributed by atoms with Gasteiger partial charge in [-0.15, -0.1) is 0 Å². The molecule has 0 heterocycles. The van der Waals surface area contributed by atoms with Gasteiger partial charge in [0.15, 0.2) is 0 Å². The standard InChI is InChI=1S/C15H16S/c1-15(2,16)14-10-6-9-13(11-14)12-7-4-3-5-8-12/h3-11,16H,1-2H3. The Hall–Kier alpha value is -1.21. The summed E-state index contributed by atoms with van der Waals surface area (Å²) in [6.07, 6.45) is 0. The molecule has 0 spiro atoms. The quantitative estimate of drug-likeness (QED) is 0.718. The molecule has 2 rings (SSSR count). The second-order valence-corrected chi connectivity index (χ2v) is 5.62. The first-order valence-corrected chi connectivity index (χ1v) is 5.90. The first-order valence-electron chi connectivity index (χ1n) is 5.46. The summed E-state index contributed by atoms with van der Waals surface area (Å²) >= 11 is 4.60. The number of benzene rings is 2. The van der Waals surface area contributed by atoms with Crippen LogP contribution in [0.15, 0.2) is 54.6 Å². The normalized spacial score (nSPS) is 11.4. The van der Waals surface area contributed by atoms with Crippen molar-refractivity contribution in [2.24, 2.45) is 0 Å². The highest BCUT2D eigenvalue weighted by Crippen LogP contribution is 2.30. The van der Waals surface area contributed by atoms with Crippen molar-refractivity contribution < 1.29 is 0 Å². The summed E-state index contributed by atoms with van der Waals surface area (Å²) in [7, 11) is 0. The summed E-state index contributed by atoms with van der Waals surface area (Å²) < 4.78 is -0.0925. The molecule has 0 amide bonds. The van der Waals surface area contributed by atoms with Crippen LogP contribution in [0.4, 0.5) is 0 Å². The molecular formula is C15H16S. The Balaban J connectivity index is 2.45. The lowest BCUT2D eigenvalue weighted by atomic mass is 9.97. The van der Waals surface area contributed by atoms with E-state index in [1.165, 1.54) is 16.7 Å². The predicted octanol–water partition coefficient (Wildman–Crippen LogP) is 4.52. The highest BCUT2D eigenvalue weighted by Gasteiger charge is 2.14. The van der Waals surface area contributed by atoms with Crippen LogP contribution in [0, 0.1) is 0 Å². The van der Waals surface area contributed by atoms with Crippen LogP contribution in [0.2, 0.25) is 0 Å². The summed E-state index contributed by atoms with van der Waals surface area (Å²) in [4.78, 5) is 0. The largest absolute Gasteiger partial charge is 0.168 e. The zero-order valence-electron chi connectivity index (χ0n) is 9.64. The van der Waals surface area contributed by atoms with Crippen molar-refractivity contribution in [2.75, 3.05) is 0 Å². The third kappa shape index (κ3) is 2.48. The molecule has 0 N–H and O–H groups in total. The lowest BCUT2D eigenvalue weighted by Crippen LogP contribution is -2.07. The number of rotatable bonds is 2. The molecule has 2 aromatic rings. The van der Waals surface area contributed by atoms with Gasteiger partial charge >= 0.3 is 0 Å². The molecule has 0 fully saturated rings. The molecule has 0 radical (unpaired) electrons. The van der Waals surface area contributed by atoms with Crippen LogP contribution in [-0.4, -0.2) is 0 Å². The fourth-order valence-electron chi connectivity index (χ4n) is 1.71. The maximum Gasteiger partial charge on any atom is 0.0322 e. The molecule has 0 bridgehead atoms. The van der Waals surface area contributed by atoms with Crippen LogP contribution in [0.1, 0.15) is 19.4 Å². The number of thiol groups is 1. The van der Waals surface area contributed by atoms with Gasteiger partial charge in [0.2, 0.25) is 0 Å². The topological polar surface area (TPSA) is 0 Å². The lowest BCUT2D eigenvalue weighted by molar-refractivity contribution is 0.792. The van der Waals surface area contributed by atoms with E-state index in [9.17, 15) is 0 Å². The molecule has 2 aromatic carbocycles. The van der Waals surface area contributed by atoms with Crippen molar-refractivity contribution in [3.8, 4) is 11.1 Å². The van der Waals surface area contributed by atoms with Gasteiger partial charge in [0.1, 0.15) is 0 Å². The van der Waals surface area contributed by atoms with Crippen LogP contribution in [0.25, 0.3) is 11.1 Å². The molecule has 0 saturated heterocycles. The van der Waals surface area contributed by atoms with Gasteiger partial charge in [0, 0.05) is 4.75 Å². The zero-order valence-corrected chi connectivity index (χ0v) is 10.5. The number of hydrogen-bond donors (Lipinski definition) is 1. The summed E-state index contributed by atoms with van der Waals surface area (Å²) in [5.74, 6) is 0. The summed E-state index contributed by atoms with van der Waals surface area (Å²) in [5.41, 5.74) is 3.75. The second kappa shape index (κ2) is 4.34. The minimum absolute atomic E-state index is 0.0925. The molecule has 0 aromatic heterocycles. The maximum absolute atomic E-state index is 4.60. The van der Waals surface area contributed by atoms with Crippen molar-refractivity contribution in [3.63, 3.8) is 0 Å². The fourth-order valence-corrected chi connectivity index (χ4v) is 1.85. The average molecular weight is 228 g/mol. The van der Waals surface area contributed by atoms with Gasteiger partial charge in [0.25, 0.3) is 0 Å². The van der Waals surface area contributed by atoms with E-state index in [0.29, 0.717) is 0 Å². The second-order valence-electron chi connectivity index (χ2n) is 4.51. The van der Waals surface area contributed by atoms with Gasteiger partial charge in [-0.2, -0.15) is 12.6 Å². The third-order valence-electron chi connectivity index (χ3n) is 2.68. The summed E-state index contributed by atoms with van der Waals surface area (Å²) in [6, 6.07) is 19.0. The van der Waals surface area contributed by atoms with Crippen molar-refractivity contribution in [2.45, 2.75) is 18.6 Å². The van der Waals surface area contributed by atoms with Crippen LogP contribution >= 0.6 is 12.6 Å². The Labute approximate surface area is 103 Å². The van der Waals surface area contributed by atoms with Crippen molar-refractivity contribution in [1.82, 2.24) is 0 Å².